The molecule has 1 unspecified atom stereocenters. The van der Waals surface area contributed by atoms with Crippen LogP contribution in [-0.4, -0.2) is 47.1 Å². The first-order valence-corrected chi connectivity index (χ1v) is 11.2. The molecule has 0 aliphatic rings. The first-order chi connectivity index (χ1) is 14.4. The van der Waals surface area contributed by atoms with Gasteiger partial charge in [-0.1, -0.05) is 22.9 Å². The SMILES string of the molecule is CCOCCCC(=O)N(CC)CCC(C)c1nc2c(oc3ccc(Br)cc32)c(=O)[nH]1. The molecule has 0 aliphatic heterocycles. The summed E-state index contributed by atoms with van der Waals surface area (Å²) in [5, 5.41) is 0.804. The molecule has 1 atom stereocenters. The fourth-order valence-electron chi connectivity index (χ4n) is 3.45. The number of amides is 1. The number of ether oxygens (including phenoxy) is 1. The largest absolute Gasteiger partial charge is 0.449 e. The van der Waals surface area contributed by atoms with Gasteiger partial charge in [-0.05, 0) is 44.9 Å². The zero-order valence-electron chi connectivity index (χ0n) is 17.7. The standard InChI is InChI=1S/C22H28BrN3O4/c1-4-26(18(27)7-6-12-29-5-2)11-10-14(3)21-24-19-16-13-15(23)8-9-17(16)30-20(19)22(28)25-21/h8-9,13-14H,4-7,10-12H2,1-3H3,(H,24,25,28). The highest BCUT2D eigenvalue weighted by Gasteiger charge is 2.18. The van der Waals surface area contributed by atoms with Crippen LogP contribution in [0.4, 0.5) is 0 Å². The molecule has 8 heteroatoms. The van der Waals surface area contributed by atoms with Crippen molar-refractivity contribution in [3.63, 3.8) is 0 Å². The highest BCUT2D eigenvalue weighted by molar-refractivity contribution is 9.10. The Morgan fingerprint density at radius 1 is 1.37 bits per heavy atom. The fourth-order valence-corrected chi connectivity index (χ4v) is 3.81. The van der Waals surface area contributed by atoms with Crippen LogP contribution in [0.5, 0.6) is 0 Å². The summed E-state index contributed by atoms with van der Waals surface area (Å²) >= 11 is 3.46. The molecule has 3 aromatic rings. The van der Waals surface area contributed by atoms with E-state index in [2.05, 4.69) is 20.9 Å². The van der Waals surface area contributed by atoms with E-state index in [1.165, 1.54) is 0 Å². The number of halogens is 1. The van der Waals surface area contributed by atoms with Crippen LogP contribution >= 0.6 is 15.9 Å². The summed E-state index contributed by atoms with van der Waals surface area (Å²) < 4.78 is 11.9. The van der Waals surface area contributed by atoms with E-state index >= 15 is 0 Å². The van der Waals surface area contributed by atoms with E-state index in [0.717, 1.165) is 16.3 Å². The number of carbonyl (C=O) groups excluding carboxylic acids is 1. The number of hydrogen-bond acceptors (Lipinski definition) is 5. The zero-order chi connectivity index (χ0) is 21.7. The summed E-state index contributed by atoms with van der Waals surface area (Å²) in [7, 11) is 0. The van der Waals surface area contributed by atoms with Crippen LogP contribution in [0.3, 0.4) is 0 Å². The summed E-state index contributed by atoms with van der Waals surface area (Å²) in [5.74, 6) is 0.728. The summed E-state index contributed by atoms with van der Waals surface area (Å²) in [4.78, 5) is 34.4. The van der Waals surface area contributed by atoms with Crippen molar-refractivity contribution < 1.29 is 13.9 Å². The lowest BCUT2D eigenvalue weighted by atomic mass is 10.1. The van der Waals surface area contributed by atoms with Crippen molar-refractivity contribution in [3.8, 4) is 0 Å². The first-order valence-electron chi connectivity index (χ1n) is 10.4. The maximum atomic E-state index is 12.6. The molecule has 2 aromatic heterocycles. The Morgan fingerprint density at radius 2 is 2.17 bits per heavy atom. The molecule has 2 heterocycles. The lowest BCUT2D eigenvalue weighted by Crippen LogP contribution is -2.32. The molecular formula is C22H28BrN3O4. The number of benzene rings is 1. The molecule has 1 amide bonds. The smallest absolute Gasteiger partial charge is 0.294 e. The van der Waals surface area contributed by atoms with Crippen LogP contribution in [0.1, 0.15) is 51.8 Å². The number of aromatic amines is 1. The molecule has 1 N–H and O–H groups in total. The van der Waals surface area contributed by atoms with Crippen molar-refractivity contribution in [2.45, 2.75) is 46.0 Å². The van der Waals surface area contributed by atoms with Crippen molar-refractivity contribution in [1.29, 1.82) is 0 Å². The number of carbonyl (C=O) groups is 1. The molecule has 0 radical (unpaired) electrons. The second-order valence-electron chi connectivity index (χ2n) is 7.34. The normalized spacial score (nSPS) is 12.5. The minimum atomic E-state index is -0.284. The molecule has 0 fully saturated rings. The Kier molecular flexibility index (Phi) is 7.66. The van der Waals surface area contributed by atoms with Gasteiger partial charge >= 0.3 is 0 Å². The van der Waals surface area contributed by atoms with Gasteiger partial charge in [0.25, 0.3) is 5.56 Å². The third-order valence-electron chi connectivity index (χ3n) is 5.22. The van der Waals surface area contributed by atoms with Crippen LogP contribution in [0, 0.1) is 0 Å². The lowest BCUT2D eigenvalue weighted by molar-refractivity contribution is -0.131. The Labute approximate surface area is 183 Å². The topological polar surface area (TPSA) is 88.4 Å². The van der Waals surface area contributed by atoms with Gasteiger partial charge in [0.15, 0.2) is 0 Å². The first kappa shape index (κ1) is 22.5. The molecule has 3 rings (SSSR count). The molecule has 0 spiro atoms. The average Bonchev–Trinajstić information content (AvgIpc) is 3.10. The van der Waals surface area contributed by atoms with Gasteiger partial charge in [0.1, 0.15) is 16.9 Å². The Morgan fingerprint density at radius 3 is 2.90 bits per heavy atom. The predicted octanol–water partition coefficient (Wildman–Crippen LogP) is 4.59. The predicted molar refractivity (Wildman–Crippen MR) is 121 cm³/mol. The second kappa shape index (κ2) is 10.2. The van der Waals surface area contributed by atoms with Crippen molar-refractivity contribution >= 4 is 43.9 Å². The Balaban J connectivity index is 1.72. The van der Waals surface area contributed by atoms with Crippen molar-refractivity contribution in [1.82, 2.24) is 14.9 Å². The number of nitrogens with one attached hydrogen (secondary N) is 1. The average molecular weight is 478 g/mol. The number of aromatic nitrogens is 2. The van der Waals surface area contributed by atoms with Gasteiger partial charge in [-0.2, -0.15) is 0 Å². The zero-order valence-corrected chi connectivity index (χ0v) is 19.3. The van der Waals surface area contributed by atoms with Gasteiger partial charge in [-0.3, -0.25) is 9.59 Å². The van der Waals surface area contributed by atoms with Crippen molar-refractivity contribution in [3.05, 3.63) is 38.9 Å². The lowest BCUT2D eigenvalue weighted by Gasteiger charge is -2.22. The minimum Gasteiger partial charge on any atom is -0.449 e. The van der Waals surface area contributed by atoms with Gasteiger partial charge in [-0.15, -0.1) is 0 Å². The van der Waals surface area contributed by atoms with E-state index in [1.807, 2.05) is 43.9 Å². The number of nitrogens with zero attached hydrogens (tertiary/aromatic N) is 2. The molecule has 0 saturated carbocycles. The molecule has 162 valence electrons. The van der Waals surface area contributed by atoms with Crippen molar-refractivity contribution in [2.24, 2.45) is 0 Å². The monoisotopic (exact) mass is 477 g/mol. The summed E-state index contributed by atoms with van der Waals surface area (Å²) in [5.41, 5.74) is 1.15. The maximum Gasteiger partial charge on any atom is 0.294 e. The molecule has 30 heavy (non-hydrogen) atoms. The van der Waals surface area contributed by atoms with Gasteiger partial charge in [0, 0.05) is 48.5 Å². The van der Waals surface area contributed by atoms with Gasteiger partial charge < -0.3 is 19.0 Å². The van der Waals surface area contributed by atoms with Crippen LogP contribution in [-0.2, 0) is 9.53 Å². The maximum absolute atomic E-state index is 12.6. The van der Waals surface area contributed by atoms with Gasteiger partial charge in [-0.25, -0.2) is 4.98 Å². The molecule has 7 nitrogen and oxygen atoms in total. The van der Waals surface area contributed by atoms with Gasteiger partial charge in [0.05, 0.1) is 0 Å². The molecule has 0 bridgehead atoms. The second-order valence-corrected chi connectivity index (χ2v) is 8.25. The molecular weight excluding hydrogens is 450 g/mol. The highest BCUT2D eigenvalue weighted by atomic mass is 79.9. The van der Waals surface area contributed by atoms with Crippen LogP contribution in [0.2, 0.25) is 0 Å². The van der Waals surface area contributed by atoms with Gasteiger partial charge in [0.2, 0.25) is 11.5 Å². The number of hydrogen-bond donors (Lipinski definition) is 1. The van der Waals surface area contributed by atoms with Crippen LogP contribution in [0.25, 0.3) is 22.1 Å². The summed E-state index contributed by atoms with van der Waals surface area (Å²) in [6.45, 7) is 8.48. The molecule has 0 saturated heterocycles. The van der Waals surface area contributed by atoms with Crippen molar-refractivity contribution in [2.75, 3.05) is 26.3 Å². The van der Waals surface area contributed by atoms with Crippen LogP contribution < -0.4 is 5.56 Å². The molecule has 0 aliphatic carbocycles. The Bertz CT molecular complexity index is 1080. The third-order valence-corrected chi connectivity index (χ3v) is 5.71. The van der Waals surface area contributed by atoms with E-state index in [0.29, 0.717) is 56.1 Å². The summed E-state index contributed by atoms with van der Waals surface area (Å²) in [6, 6.07) is 5.59. The Hall–Kier alpha value is -2.19. The third kappa shape index (κ3) is 5.10. The van der Waals surface area contributed by atoms with E-state index in [4.69, 9.17) is 14.1 Å². The highest BCUT2D eigenvalue weighted by Crippen LogP contribution is 2.28. The number of H-pyrrole nitrogens is 1. The van der Waals surface area contributed by atoms with E-state index < -0.39 is 0 Å². The molecule has 1 aromatic carbocycles. The number of fused-ring (bicyclic) bond motifs is 3. The van der Waals surface area contributed by atoms with E-state index in [-0.39, 0.29) is 23.0 Å². The van der Waals surface area contributed by atoms with E-state index in [1.54, 1.807) is 0 Å². The number of furan rings is 1. The minimum absolute atomic E-state index is 0.00974. The summed E-state index contributed by atoms with van der Waals surface area (Å²) in [6.07, 6.45) is 1.92. The number of rotatable bonds is 10. The quantitative estimate of drug-likeness (QED) is 0.431. The van der Waals surface area contributed by atoms with E-state index in [9.17, 15) is 9.59 Å². The fraction of sp³-hybridized carbons (Fsp3) is 0.500. The van der Waals surface area contributed by atoms with Crippen LogP contribution in [0.15, 0.2) is 31.9 Å².